The van der Waals surface area contributed by atoms with Gasteiger partial charge in [0.25, 0.3) is 0 Å². The second-order valence-electron chi connectivity index (χ2n) is 4.62. The van der Waals surface area contributed by atoms with E-state index in [1.54, 1.807) is 0 Å². The second-order valence-corrected chi connectivity index (χ2v) is 4.62. The minimum absolute atomic E-state index is 0.00149. The molecule has 0 aromatic carbocycles. The maximum absolute atomic E-state index is 5.60. The van der Waals surface area contributed by atoms with Gasteiger partial charge in [0, 0.05) is 13.2 Å². The fourth-order valence-electron chi connectivity index (χ4n) is 1.72. The molecule has 2 nitrogen and oxygen atoms in total. The van der Waals surface area contributed by atoms with Gasteiger partial charge in [0.15, 0.2) is 0 Å². The van der Waals surface area contributed by atoms with Gasteiger partial charge in [-0.2, -0.15) is 0 Å². The van der Waals surface area contributed by atoms with Crippen molar-refractivity contribution < 1.29 is 4.74 Å². The van der Waals surface area contributed by atoms with Gasteiger partial charge >= 0.3 is 0 Å². The first-order valence-corrected chi connectivity index (χ1v) is 5.49. The Morgan fingerprint density at radius 3 is 2.54 bits per heavy atom. The maximum Gasteiger partial charge on any atom is 0.0750 e. The Morgan fingerprint density at radius 2 is 2.08 bits per heavy atom. The molecule has 1 saturated carbocycles. The molecule has 1 fully saturated rings. The lowest BCUT2D eigenvalue weighted by Gasteiger charge is -2.29. The fourth-order valence-corrected chi connectivity index (χ4v) is 1.72. The highest BCUT2D eigenvalue weighted by atomic mass is 16.5. The lowest BCUT2D eigenvalue weighted by Crippen LogP contribution is -2.40. The van der Waals surface area contributed by atoms with Crippen LogP contribution >= 0.6 is 0 Å². The molecule has 1 rings (SSSR count). The summed E-state index contributed by atoms with van der Waals surface area (Å²) >= 11 is 0. The van der Waals surface area contributed by atoms with Gasteiger partial charge in [-0.1, -0.05) is 6.42 Å². The summed E-state index contributed by atoms with van der Waals surface area (Å²) in [5, 5.41) is 3.49. The van der Waals surface area contributed by atoms with E-state index in [-0.39, 0.29) is 5.60 Å². The van der Waals surface area contributed by atoms with Crippen LogP contribution < -0.4 is 5.32 Å². The zero-order valence-corrected chi connectivity index (χ0v) is 9.23. The molecule has 0 spiro atoms. The van der Waals surface area contributed by atoms with Gasteiger partial charge in [-0.15, -0.1) is 0 Å². The molecule has 2 heteroatoms. The lowest BCUT2D eigenvalue weighted by molar-refractivity contribution is -0.00973. The molecule has 0 aliphatic heterocycles. The summed E-state index contributed by atoms with van der Waals surface area (Å²) < 4.78 is 5.60. The summed E-state index contributed by atoms with van der Waals surface area (Å²) in [6.07, 6.45) is 4.27. The molecule has 13 heavy (non-hydrogen) atoms. The van der Waals surface area contributed by atoms with Crippen LogP contribution in [0.4, 0.5) is 0 Å². The second kappa shape index (κ2) is 4.97. The Morgan fingerprint density at radius 1 is 1.38 bits per heavy atom. The third-order valence-electron chi connectivity index (χ3n) is 2.74. The van der Waals surface area contributed by atoms with Gasteiger partial charge < -0.3 is 10.1 Å². The van der Waals surface area contributed by atoms with Gasteiger partial charge in [-0.3, -0.25) is 0 Å². The van der Waals surface area contributed by atoms with Crippen molar-refractivity contribution in [3.63, 3.8) is 0 Å². The predicted octanol–water partition coefficient (Wildman–Crippen LogP) is 2.19. The highest BCUT2D eigenvalue weighted by Gasteiger charge is 2.20. The van der Waals surface area contributed by atoms with E-state index >= 15 is 0 Å². The van der Waals surface area contributed by atoms with Gasteiger partial charge in [0.2, 0.25) is 0 Å². The van der Waals surface area contributed by atoms with E-state index < -0.39 is 0 Å². The van der Waals surface area contributed by atoms with Crippen molar-refractivity contribution >= 4 is 0 Å². The van der Waals surface area contributed by atoms with E-state index in [0.717, 1.165) is 19.1 Å². The molecule has 0 heterocycles. The molecular weight excluding hydrogens is 162 g/mol. The molecular formula is C11H23NO. The van der Waals surface area contributed by atoms with Crippen molar-refractivity contribution in [3.8, 4) is 0 Å². The monoisotopic (exact) mass is 185 g/mol. The molecule has 0 unspecified atom stereocenters. The van der Waals surface area contributed by atoms with Crippen LogP contribution in [0, 0.1) is 5.92 Å². The van der Waals surface area contributed by atoms with Crippen LogP contribution in [-0.4, -0.2) is 25.3 Å². The molecule has 0 atom stereocenters. The van der Waals surface area contributed by atoms with Crippen LogP contribution in [0.3, 0.4) is 0 Å². The van der Waals surface area contributed by atoms with E-state index in [9.17, 15) is 0 Å². The number of hydrogen-bond acceptors (Lipinski definition) is 2. The molecule has 0 radical (unpaired) electrons. The van der Waals surface area contributed by atoms with E-state index in [4.69, 9.17) is 4.74 Å². The van der Waals surface area contributed by atoms with Crippen molar-refractivity contribution in [2.24, 2.45) is 5.92 Å². The van der Waals surface area contributed by atoms with Crippen molar-refractivity contribution in [1.29, 1.82) is 0 Å². The molecule has 0 bridgehead atoms. The van der Waals surface area contributed by atoms with Crippen LogP contribution in [0.15, 0.2) is 0 Å². The molecule has 1 aliphatic carbocycles. The first kappa shape index (κ1) is 11.0. The van der Waals surface area contributed by atoms with Crippen molar-refractivity contribution in [2.75, 3.05) is 19.7 Å². The van der Waals surface area contributed by atoms with Crippen molar-refractivity contribution in [1.82, 2.24) is 5.32 Å². The van der Waals surface area contributed by atoms with Gasteiger partial charge in [0.1, 0.15) is 0 Å². The first-order valence-electron chi connectivity index (χ1n) is 5.49. The smallest absolute Gasteiger partial charge is 0.0750 e. The topological polar surface area (TPSA) is 21.3 Å². The van der Waals surface area contributed by atoms with E-state index in [2.05, 4.69) is 19.2 Å². The number of ether oxygens (including phenoxy) is 1. The van der Waals surface area contributed by atoms with Crippen LogP contribution in [-0.2, 0) is 4.74 Å². The van der Waals surface area contributed by atoms with Crippen LogP contribution in [0.25, 0.3) is 0 Å². The highest BCUT2D eigenvalue weighted by molar-refractivity contribution is 4.76. The van der Waals surface area contributed by atoms with Gasteiger partial charge in [-0.05, 0) is 46.1 Å². The van der Waals surface area contributed by atoms with Crippen LogP contribution in [0.2, 0.25) is 0 Å². The molecule has 0 aromatic rings. The molecule has 0 saturated heterocycles. The lowest BCUT2D eigenvalue weighted by atomic mass is 9.85. The first-order chi connectivity index (χ1) is 6.14. The largest absolute Gasteiger partial charge is 0.375 e. The van der Waals surface area contributed by atoms with E-state index in [0.29, 0.717) is 0 Å². The molecule has 1 N–H and O–H groups in total. The quantitative estimate of drug-likeness (QED) is 0.685. The fraction of sp³-hybridized carbons (Fsp3) is 1.00. The number of hydrogen-bond donors (Lipinski definition) is 1. The van der Waals surface area contributed by atoms with E-state index in [1.165, 1.54) is 25.8 Å². The van der Waals surface area contributed by atoms with Crippen LogP contribution in [0.1, 0.15) is 40.0 Å². The minimum atomic E-state index is -0.00149. The Labute approximate surface area is 82.0 Å². The van der Waals surface area contributed by atoms with Crippen molar-refractivity contribution in [2.45, 2.75) is 45.6 Å². The van der Waals surface area contributed by atoms with Crippen molar-refractivity contribution in [3.05, 3.63) is 0 Å². The minimum Gasteiger partial charge on any atom is -0.375 e. The van der Waals surface area contributed by atoms with Crippen LogP contribution in [0.5, 0.6) is 0 Å². The Balaban J connectivity index is 2.02. The number of rotatable bonds is 6. The molecule has 0 aromatic heterocycles. The molecule has 0 amide bonds. The average Bonchev–Trinajstić information content (AvgIpc) is 1.94. The summed E-state index contributed by atoms with van der Waals surface area (Å²) in [5.41, 5.74) is -0.00149. The predicted molar refractivity (Wildman–Crippen MR) is 55.9 cm³/mol. The SMILES string of the molecule is CCOC(C)(C)CNCC1CCC1. The average molecular weight is 185 g/mol. The Kier molecular flexibility index (Phi) is 4.20. The zero-order valence-electron chi connectivity index (χ0n) is 9.23. The Bertz CT molecular complexity index is 141. The Hall–Kier alpha value is -0.0800. The third kappa shape index (κ3) is 4.10. The van der Waals surface area contributed by atoms with Gasteiger partial charge in [-0.25, -0.2) is 0 Å². The summed E-state index contributed by atoms with van der Waals surface area (Å²) in [6, 6.07) is 0. The summed E-state index contributed by atoms with van der Waals surface area (Å²) in [6.45, 7) is 9.29. The summed E-state index contributed by atoms with van der Waals surface area (Å²) in [5.74, 6) is 0.942. The normalized spacial score (nSPS) is 18.7. The highest BCUT2D eigenvalue weighted by Crippen LogP contribution is 2.25. The van der Waals surface area contributed by atoms with Gasteiger partial charge in [0.05, 0.1) is 5.60 Å². The molecule has 78 valence electrons. The third-order valence-corrected chi connectivity index (χ3v) is 2.74. The maximum atomic E-state index is 5.60. The van der Waals surface area contributed by atoms with E-state index in [1.807, 2.05) is 6.92 Å². The standard InChI is InChI=1S/C11H23NO/c1-4-13-11(2,3)9-12-8-10-6-5-7-10/h10,12H,4-9H2,1-3H3. The number of nitrogens with one attached hydrogen (secondary N) is 1. The summed E-state index contributed by atoms with van der Waals surface area (Å²) in [7, 11) is 0. The molecule has 1 aliphatic rings. The summed E-state index contributed by atoms with van der Waals surface area (Å²) in [4.78, 5) is 0. The zero-order chi connectivity index (χ0) is 9.73.